The number of phenolic OH excluding ortho intramolecular Hbond substituents is 1. The predicted molar refractivity (Wildman–Crippen MR) is 83.4 cm³/mol. The summed E-state index contributed by atoms with van der Waals surface area (Å²) in [6.07, 6.45) is -0.0189. The SMILES string of the molecule is O=C(CCC(=O)c1cc(O)c2c(c1)OCCO2)c1ccc(F)cc1. The number of carbonyl (C=O) groups excluding carboxylic acids is 2. The molecule has 0 atom stereocenters. The average Bonchev–Trinajstić information content (AvgIpc) is 2.60. The lowest BCUT2D eigenvalue weighted by Gasteiger charge is -2.19. The number of fused-ring (bicyclic) bond motifs is 1. The van der Waals surface area contributed by atoms with Gasteiger partial charge in [-0.2, -0.15) is 0 Å². The van der Waals surface area contributed by atoms with Crippen LogP contribution in [0.5, 0.6) is 17.2 Å². The van der Waals surface area contributed by atoms with Gasteiger partial charge < -0.3 is 14.6 Å². The van der Waals surface area contributed by atoms with Crippen LogP contribution < -0.4 is 9.47 Å². The number of ether oxygens (including phenoxy) is 2. The van der Waals surface area contributed by atoms with Gasteiger partial charge in [-0.15, -0.1) is 0 Å². The molecule has 1 aliphatic heterocycles. The zero-order valence-electron chi connectivity index (χ0n) is 12.8. The van der Waals surface area contributed by atoms with E-state index in [1.165, 1.54) is 36.4 Å². The van der Waals surface area contributed by atoms with E-state index in [-0.39, 0.29) is 41.5 Å². The molecule has 0 unspecified atom stereocenters. The number of carbonyl (C=O) groups is 2. The first kappa shape index (κ1) is 16.0. The molecule has 24 heavy (non-hydrogen) atoms. The molecular weight excluding hydrogens is 315 g/mol. The van der Waals surface area contributed by atoms with E-state index in [1.54, 1.807) is 0 Å². The number of phenols is 1. The van der Waals surface area contributed by atoms with Gasteiger partial charge >= 0.3 is 0 Å². The first-order chi connectivity index (χ1) is 11.5. The highest BCUT2D eigenvalue weighted by Gasteiger charge is 2.20. The molecule has 2 aromatic carbocycles. The Bertz CT molecular complexity index is 783. The van der Waals surface area contributed by atoms with Crippen LogP contribution in [0.4, 0.5) is 4.39 Å². The van der Waals surface area contributed by atoms with E-state index in [1.807, 2.05) is 0 Å². The molecule has 6 heteroatoms. The highest BCUT2D eigenvalue weighted by Crippen LogP contribution is 2.39. The quantitative estimate of drug-likeness (QED) is 0.853. The summed E-state index contributed by atoms with van der Waals surface area (Å²) in [7, 11) is 0. The molecule has 2 aromatic rings. The Labute approximate surface area is 137 Å². The van der Waals surface area contributed by atoms with Crippen LogP contribution in [0, 0.1) is 5.82 Å². The monoisotopic (exact) mass is 330 g/mol. The third-order valence-electron chi connectivity index (χ3n) is 3.69. The van der Waals surface area contributed by atoms with Gasteiger partial charge in [0.05, 0.1) is 0 Å². The Kier molecular flexibility index (Phi) is 4.46. The number of hydrogen-bond donors (Lipinski definition) is 1. The van der Waals surface area contributed by atoms with Crippen molar-refractivity contribution in [1.29, 1.82) is 0 Å². The molecule has 0 aliphatic carbocycles. The van der Waals surface area contributed by atoms with Gasteiger partial charge in [0, 0.05) is 24.0 Å². The van der Waals surface area contributed by atoms with Gasteiger partial charge in [-0.1, -0.05) is 0 Å². The summed E-state index contributed by atoms with van der Waals surface area (Å²) in [4.78, 5) is 24.3. The van der Waals surface area contributed by atoms with Crippen molar-refractivity contribution in [2.75, 3.05) is 13.2 Å². The van der Waals surface area contributed by atoms with Gasteiger partial charge in [-0.05, 0) is 36.4 Å². The fourth-order valence-corrected chi connectivity index (χ4v) is 2.45. The average molecular weight is 330 g/mol. The summed E-state index contributed by atoms with van der Waals surface area (Å²) in [6, 6.07) is 7.98. The predicted octanol–water partition coefficient (Wildman–Crippen LogP) is 3.15. The molecule has 1 N–H and O–H groups in total. The van der Waals surface area contributed by atoms with Crippen molar-refractivity contribution in [3.05, 3.63) is 53.3 Å². The summed E-state index contributed by atoms with van der Waals surface area (Å²) in [5, 5.41) is 9.91. The number of benzene rings is 2. The van der Waals surface area contributed by atoms with Crippen LogP contribution in [0.2, 0.25) is 0 Å². The van der Waals surface area contributed by atoms with E-state index in [2.05, 4.69) is 0 Å². The number of Topliss-reactive ketones (excluding diaryl/α,β-unsaturated/α-hetero) is 2. The standard InChI is InChI=1S/C18H15FO5/c19-13-3-1-11(2-4-13)14(20)5-6-15(21)12-9-16(22)18-17(10-12)23-7-8-24-18/h1-4,9-10,22H,5-8H2. The lowest BCUT2D eigenvalue weighted by atomic mass is 10.0. The number of rotatable bonds is 5. The van der Waals surface area contributed by atoms with Crippen LogP contribution in [-0.2, 0) is 0 Å². The molecule has 1 heterocycles. The third kappa shape index (κ3) is 3.37. The zero-order chi connectivity index (χ0) is 17.1. The minimum Gasteiger partial charge on any atom is -0.504 e. The fraction of sp³-hybridized carbons (Fsp3) is 0.222. The van der Waals surface area contributed by atoms with Crippen molar-refractivity contribution in [2.45, 2.75) is 12.8 Å². The fourth-order valence-electron chi connectivity index (χ4n) is 2.45. The topological polar surface area (TPSA) is 72.8 Å². The molecule has 0 radical (unpaired) electrons. The number of aromatic hydroxyl groups is 1. The largest absolute Gasteiger partial charge is 0.504 e. The Hall–Kier alpha value is -2.89. The van der Waals surface area contributed by atoms with E-state index in [0.717, 1.165) is 0 Å². The number of ketones is 2. The second-order valence-electron chi connectivity index (χ2n) is 5.37. The zero-order valence-corrected chi connectivity index (χ0v) is 12.8. The normalized spacial score (nSPS) is 12.7. The van der Waals surface area contributed by atoms with Crippen molar-refractivity contribution < 1.29 is 28.6 Å². The Morgan fingerprint density at radius 2 is 1.58 bits per heavy atom. The van der Waals surface area contributed by atoms with Crippen LogP contribution in [-0.4, -0.2) is 29.9 Å². The molecule has 0 saturated heterocycles. The van der Waals surface area contributed by atoms with E-state index in [9.17, 15) is 19.1 Å². The minimum atomic E-state index is -0.422. The van der Waals surface area contributed by atoms with Gasteiger partial charge in [0.15, 0.2) is 23.1 Å². The molecule has 0 fully saturated rings. The molecule has 5 nitrogen and oxygen atoms in total. The summed E-state index contributed by atoms with van der Waals surface area (Å²) in [5.41, 5.74) is 0.609. The molecule has 0 saturated carbocycles. The maximum atomic E-state index is 12.9. The Balaban J connectivity index is 1.68. The second kappa shape index (κ2) is 6.70. The van der Waals surface area contributed by atoms with Crippen molar-refractivity contribution in [3.8, 4) is 17.2 Å². The van der Waals surface area contributed by atoms with Gasteiger partial charge in [0.1, 0.15) is 19.0 Å². The highest BCUT2D eigenvalue weighted by molar-refractivity contribution is 6.02. The first-order valence-electron chi connectivity index (χ1n) is 7.49. The van der Waals surface area contributed by atoms with Crippen LogP contribution in [0.25, 0.3) is 0 Å². The van der Waals surface area contributed by atoms with Crippen molar-refractivity contribution >= 4 is 11.6 Å². The second-order valence-corrected chi connectivity index (χ2v) is 5.37. The molecule has 0 bridgehead atoms. The molecule has 0 amide bonds. The molecule has 124 valence electrons. The van der Waals surface area contributed by atoms with Gasteiger partial charge in [0.25, 0.3) is 0 Å². The third-order valence-corrected chi connectivity index (χ3v) is 3.69. The minimum absolute atomic E-state index is 0.000328. The molecule has 3 rings (SSSR count). The maximum absolute atomic E-state index is 12.9. The number of halogens is 1. The number of hydrogen-bond acceptors (Lipinski definition) is 5. The van der Waals surface area contributed by atoms with Crippen LogP contribution in [0.3, 0.4) is 0 Å². The van der Waals surface area contributed by atoms with Crippen molar-refractivity contribution in [2.24, 2.45) is 0 Å². The Morgan fingerprint density at radius 3 is 2.29 bits per heavy atom. The van der Waals surface area contributed by atoms with Gasteiger partial charge in [-0.3, -0.25) is 9.59 Å². The summed E-state index contributed by atoms with van der Waals surface area (Å²) >= 11 is 0. The molecule has 1 aliphatic rings. The van der Waals surface area contributed by atoms with Crippen molar-refractivity contribution in [1.82, 2.24) is 0 Å². The van der Waals surface area contributed by atoms with Gasteiger partial charge in [0.2, 0.25) is 5.75 Å². The van der Waals surface area contributed by atoms with Gasteiger partial charge in [-0.25, -0.2) is 4.39 Å². The van der Waals surface area contributed by atoms with E-state index < -0.39 is 5.82 Å². The summed E-state index contributed by atoms with van der Waals surface area (Å²) < 4.78 is 23.5. The van der Waals surface area contributed by atoms with E-state index in [0.29, 0.717) is 24.5 Å². The molecular formula is C18H15FO5. The smallest absolute Gasteiger partial charge is 0.203 e. The lowest BCUT2D eigenvalue weighted by Crippen LogP contribution is -2.16. The maximum Gasteiger partial charge on any atom is 0.203 e. The lowest BCUT2D eigenvalue weighted by molar-refractivity contribution is 0.0916. The van der Waals surface area contributed by atoms with E-state index in [4.69, 9.17) is 9.47 Å². The molecule has 0 aromatic heterocycles. The van der Waals surface area contributed by atoms with Crippen LogP contribution >= 0.6 is 0 Å². The first-order valence-corrected chi connectivity index (χ1v) is 7.49. The summed E-state index contributed by atoms with van der Waals surface area (Å²) in [5.74, 6) is -0.590. The van der Waals surface area contributed by atoms with Crippen LogP contribution in [0.15, 0.2) is 36.4 Å². The highest BCUT2D eigenvalue weighted by atomic mass is 19.1. The van der Waals surface area contributed by atoms with Crippen molar-refractivity contribution in [3.63, 3.8) is 0 Å². The Morgan fingerprint density at radius 1 is 0.958 bits per heavy atom. The summed E-state index contributed by atoms with van der Waals surface area (Å²) in [6.45, 7) is 0.674. The van der Waals surface area contributed by atoms with E-state index >= 15 is 0 Å². The van der Waals surface area contributed by atoms with Crippen LogP contribution in [0.1, 0.15) is 33.6 Å². The molecule has 0 spiro atoms.